The molecular weight excluding hydrogens is 220 g/mol. The van der Waals surface area contributed by atoms with Gasteiger partial charge >= 0.3 is 5.82 Å². The largest absolute Gasteiger partial charge is 0.372 e. The third kappa shape index (κ3) is 2.11. The van der Waals surface area contributed by atoms with Gasteiger partial charge < -0.3 is 10.1 Å². The van der Waals surface area contributed by atoms with Gasteiger partial charge in [0.05, 0.1) is 12.5 Å². The first kappa shape index (κ1) is 12.0. The third-order valence-corrected chi connectivity index (χ3v) is 2.13. The lowest BCUT2D eigenvalue weighted by Gasteiger charge is -2.07. The molecule has 0 amide bonds. The van der Waals surface area contributed by atoms with Gasteiger partial charge in [0.15, 0.2) is 0 Å². The van der Waals surface area contributed by atoms with Crippen LogP contribution in [0.5, 0.6) is 0 Å². The van der Waals surface area contributed by atoms with Gasteiger partial charge in [0.1, 0.15) is 11.8 Å². The second-order valence-corrected chi connectivity index (χ2v) is 3.04. The van der Waals surface area contributed by atoms with Crippen LogP contribution in [0.25, 0.3) is 0 Å². The summed E-state index contributed by atoms with van der Waals surface area (Å²) < 4.78 is 25.3. The van der Waals surface area contributed by atoms with Crippen molar-refractivity contribution >= 4 is 5.82 Å². The van der Waals surface area contributed by atoms with Gasteiger partial charge in [-0.3, -0.25) is 0 Å². The van der Waals surface area contributed by atoms with Gasteiger partial charge in [-0.1, -0.05) is 0 Å². The van der Waals surface area contributed by atoms with Crippen LogP contribution in [0, 0.1) is 28.4 Å². The van der Waals surface area contributed by atoms with Gasteiger partial charge in [0.2, 0.25) is 0 Å². The highest BCUT2D eigenvalue weighted by molar-refractivity contribution is 5.44. The lowest BCUT2D eigenvalue weighted by atomic mass is 10.0. The number of nitrogens with zero attached hydrogens (tertiary/aromatic N) is 3. The smallest absolute Gasteiger partial charge is 0.358 e. The number of rotatable bonds is 3. The Balaban J connectivity index is 3.43. The Morgan fingerprint density at radius 3 is 2.75 bits per heavy atom. The fourth-order valence-corrected chi connectivity index (χ4v) is 1.32. The molecule has 0 spiro atoms. The van der Waals surface area contributed by atoms with Crippen LogP contribution in [0.15, 0.2) is 6.20 Å². The van der Waals surface area contributed by atoms with Crippen molar-refractivity contribution in [3.8, 4) is 6.07 Å². The maximum Gasteiger partial charge on any atom is 0.372 e. The molecule has 84 valence electrons. The lowest BCUT2D eigenvalue weighted by Crippen LogP contribution is -2.04. The Bertz CT molecular complexity index is 469. The zero-order chi connectivity index (χ0) is 12.3. The van der Waals surface area contributed by atoms with Crippen LogP contribution in [0.1, 0.15) is 23.1 Å². The maximum absolute atomic E-state index is 12.6. The van der Waals surface area contributed by atoms with Gasteiger partial charge in [-0.05, 0) is 22.4 Å². The summed E-state index contributed by atoms with van der Waals surface area (Å²) in [6, 6.07) is 1.78. The fraction of sp³-hybridized carbons (Fsp3) is 0.333. The fourth-order valence-electron chi connectivity index (χ4n) is 1.32. The predicted octanol–water partition coefficient (Wildman–Crippen LogP) is 2.30. The van der Waals surface area contributed by atoms with Crippen molar-refractivity contribution in [3.05, 3.63) is 33.0 Å². The summed E-state index contributed by atoms with van der Waals surface area (Å²) in [5.41, 5.74) is -0.376. The quantitative estimate of drug-likeness (QED) is 0.586. The highest BCUT2D eigenvalue weighted by Gasteiger charge is 2.27. The number of halogens is 2. The summed E-state index contributed by atoms with van der Waals surface area (Å²) in [4.78, 5) is 12.9. The molecule has 0 saturated carbocycles. The number of nitro groups is 1. The summed E-state index contributed by atoms with van der Waals surface area (Å²) in [7, 11) is 0. The first-order valence-corrected chi connectivity index (χ1v) is 4.27. The minimum Gasteiger partial charge on any atom is -0.358 e. The normalized spacial score (nSPS) is 10.2. The Morgan fingerprint density at radius 1 is 1.69 bits per heavy atom. The minimum absolute atomic E-state index is 0.0539. The standard InChI is InChI=1S/C9H7F2N3O2/c1-5-6(2-3-12)4-13-9(14(15)16)7(5)8(10)11/h4,8H,2H2,1H3. The van der Waals surface area contributed by atoms with Crippen LogP contribution >= 0.6 is 0 Å². The predicted molar refractivity (Wildman–Crippen MR) is 49.9 cm³/mol. The molecule has 0 aliphatic heterocycles. The molecule has 1 aromatic heterocycles. The van der Waals surface area contributed by atoms with Gasteiger partial charge in [-0.15, -0.1) is 0 Å². The Kier molecular flexibility index (Phi) is 3.45. The number of nitriles is 1. The van der Waals surface area contributed by atoms with E-state index in [1.54, 1.807) is 6.07 Å². The monoisotopic (exact) mass is 227 g/mol. The van der Waals surface area contributed by atoms with Crippen LogP contribution < -0.4 is 0 Å². The zero-order valence-electron chi connectivity index (χ0n) is 8.28. The molecule has 0 aliphatic carbocycles. The van der Waals surface area contributed by atoms with E-state index in [9.17, 15) is 18.9 Å². The molecule has 1 heterocycles. The number of pyridine rings is 1. The van der Waals surface area contributed by atoms with E-state index in [2.05, 4.69) is 4.98 Å². The maximum atomic E-state index is 12.6. The van der Waals surface area contributed by atoms with E-state index in [0.717, 1.165) is 6.20 Å². The molecule has 0 aromatic carbocycles. The lowest BCUT2D eigenvalue weighted by molar-refractivity contribution is -0.391. The summed E-state index contributed by atoms with van der Waals surface area (Å²) in [6.45, 7) is 1.32. The van der Waals surface area contributed by atoms with Crippen molar-refractivity contribution in [1.82, 2.24) is 4.98 Å². The molecule has 0 saturated heterocycles. The molecule has 1 rings (SSSR count). The second-order valence-electron chi connectivity index (χ2n) is 3.04. The van der Waals surface area contributed by atoms with E-state index in [0.29, 0.717) is 0 Å². The van der Waals surface area contributed by atoms with Gasteiger partial charge in [0.25, 0.3) is 6.43 Å². The van der Waals surface area contributed by atoms with Crippen molar-refractivity contribution < 1.29 is 13.7 Å². The Morgan fingerprint density at radius 2 is 2.31 bits per heavy atom. The summed E-state index contributed by atoms with van der Waals surface area (Å²) >= 11 is 0. The molecule has 0 fully saturated rings. The summed E-state index contributed by atoms with van der Waals surface area (Å²) in [5, 5.41) is 18.9. The molecule has 5 nitrogen and oxygen atoms in total. The molecule has 0 unspecified atom stereocenters. The van der Waals surface area contributed by atoms with E-state index in [-0.39, 0.29) is 17.5 Å². The Hall–Kier alpha value is -2.10. The van der Waals surface area contributed by atoms with Crippen LogP contribution in [-0.2, 0) is 6.42 Å². The highest BCUT2D eigenvalue weighted by atomic mass is 19.3. The van der Waals surface area contributed by atoms with Gasteiger partial charge in [-0.25, -0.2) is 8.78 Å². The first-order chi connectivity index (χ1) is 7.49. The molecule has 16 heavy (non-hydrogen) atoms. The van der Waals surface area contributed by atoms with Crippen LogP contribution in [-0.4, -0.2) is 9.91 Å². The topological polar surface area (TPSA) is 79.8 Å². The van der Waals surface area contributed by atoms with E-state index in [4.69, 9.17) is 5.26 Å². The third-order valence-electron chi connectivity index (χ3n) is 2.13. The molecule has 0 N–H and O–H groups in total. The second kappa shape index (κ2) is 4.61. The van der Waals surface area contributed by atoms with Crippen molar-refractivity contribution in [2.45, 2.75) is 19.8 Å². The molecule has 0 atom stereocenters. The van der Waals surface area contributed by atoms with Crippen molar-refractivity contribution in [2.75, 3.05) is 0 Å². The number of hydrogen-bond acceptors (Lipinski definition) is 4. The first-order valence-electron chi connectivity index (χ1n) is 4.27. The van der Waals surface area contributed by atoms with Crippen LogP contribution in [0.2, 0.25) is 0 Å². The van der Waals surface area contributed by atoms with Crippen molar-refractivity contribution in [1.29, 1.82) is 5.26 Å². The highest BCUT2D eigenvalue weighted by Crippen LogP contribution is 2.31. The zero-order valence-corrected chi connectivity index (χ0v) is 8.28. The number of hydrogen-bond donors (Lipinski definition) is 0. The Labute approximate surface area is 89.5 Å². The van der Waals surface area contributed by atoms with Crippen molar-refractivity contribution in [3.63, 3.8) is 0 Å². The number of alkyl halides is 2. The molecule has 0 bridgehead atoms. The van der Waals surface area contributed by atoms with E-state index in [1.165, 1.54) is 6.92 Å². The minimum atomic E-state index is -2.98. The summed E-state index contributed by atoms with van der Waals surface area (Å²) in [6.07, 6.45) is -1.99. The van der Waals surface area contributed by atoms with Gasteiger partial charge in [-0.2, -0.15) is 5.26 Å². The van der Waals surface area contributed by atoms with Crippen LogP contribution in [0.3, 0.4) is 0 Å². The average Bonchev–Trinajstić information content (AvgIpc) is 2.20. The summed E-state index contributed by atoms with van der Waals surface area (Å²) in [5.74, 6) is -0.853. The molecule has 0 radical (unpaired) electrons. The van der Waals surface area contributed by atoms with Crippen molar-refractivity contribution in [2.24, 2.45) is 0 Å². The van der Waals surface area contributed by atoms with E-state index >= 15 is 0 Å². The molecular formula is C9H7F2N3O2. The molecule has 1 aromatic rings. The number of aromatic nitrogens is 1. The average molecular weight is 227 g/mol. The van der Waals surface area contributed by atoms with Crippen LogP contribution in [0.4, 0.5) is 14.6 Å². The SMILES string of the molecule is Cc1c(CC#N)cnc([N+](=O)[O-])c1C(F)F. The van der Waals surface area contributed by atoms with E-state index in [1.807, 2.05) is 0 Å². The molecule has 0 aliphatic rings. The van der Waals surface area contributed by atoms with Gasteiger partial charge in [0, 0.05) is 5.56 Å². The van der Waals surface area contributed by atoms with E-state index < -0.39 is 22.7 Å². The molecule has 7 heteroatoms.